The Morgan fingerprint density at radius 3 is 2.80 bits per heavy atom. The molecule has 1 rings (SSSR count). The lowest BCUT2D eigenvalue weighted by molar-refractivity contribution is 0.112. The van der Waals surface area contributed by atoms with Gasteiger partial charge in [0.05, 0.1) is 13.2 Å². The third kappa shape index (κ3) is 4.91. The smallest absolute Gasteiger partial charge is 0.123 e. The Bertz CT molecular complexity index is 305. The molecule has 2 nitrogen and oxygen atoms in total. The Kier molecular flexibility index (Phi) is 6.13. The maximum absolute atomic E-state index is 5.58. The highest BCUT2D eigenvalue weighted by Gasteiger charge is 1.99. The molecule has 0 aliphatic carbocycles. The van der Waals surface area contributed by atoms with Crippen molar-refractivity contribution in [2.75, 3.05) is 25.6 Å². The number of benzene rings is 1. The Balaban J connectivity index is 2.33. The molecule has 0 aliphatic heterocycles. The summed E-state index contributed by atoms with van der Waals surface area (Å²) in [5, 5.41) is 0. The van der Waals surface area contributed by atoms with Crippen molar-refractivity contribution in [1.82, 2.24) is 0 Å². The average molecular weight is 291 g/mol. The molecule has 84 valence electrons. The van der Waals surface area contributed by atoms with E-state index < -0.39 is 0 Å². The molecule has 15 heavy (non-hydrogen) atoms. The highest BCUT2D eigenvalue weighted by atomic mass is 79.9. The van der Waals surface area contributed by atoms with Crippen LogP contribution in [0.5, 0.6) is 5.75 Å². The van der Waals surface area contributed by atoms with E-state index in [-0.39, 0.29) is 0 Å². The van der Waals surface area contributed by atoms with Crippen molar-refractivity contribution < 1.29 is 9.47 Å². The molecule has 0 fully saturated rings. The summed E-state index contributed by atoms with van der Waals surface area (Å²) in [4.78, 5) is 0. The van der Waals surface area contributed by atoms with Gasteiger partial charge in [-0.3, -0.25) is 0 Å². The van der Waals surface area contributed by atoms with Crippen molar-refractivity contribution in [2.24, 2.45) is 0 Å². The number of hydrogen-bond acceptors (Lipinski definition) is 3. The molecule has 0 aliphatic rings. The van der Waals surface area contributed by atoms with Gasteiger partial charge in [-0.15, -0.1) is 0 Å². The first-order chi connectivity index (χ1) is 7.24. The van der Waals surface area contributed by atoms with Gasteiger partial charge in [-0.25, -0.2) is 0 Å². The molecule has 0 amide bonds. The first kappa shape index (κ1) is 12.9. The van der Waals surface area contributed by atoms with E-state index in [1.807, 2.05) is 25.1 Å². The van der Waals surface area contributed by atoms with E-state index in [1.54, 1.807) is 0 Å². The maximum Gasteiger partial charge on any atom is 0.123 e. The van der Waals surface area contributed by atoms with Crippen molar-refractivity contribution in [3.8, 4) is 5.75 Å². The molecular weight excluding hydrogens is 276 g/mol. The van der Waals surface area contributed by atoms with Crippen LogP contribution < -0.4 is 4.74 Å². The first-order valence-corrected chi connectivity index (χ1v) is 6.24. The summed E-state index contributed by atoms with van der Waals surface area (Å²) >= 11 is 7.46. The van der Waals surface area contributed by atoms with Crippen LogP contribution in [0.1, 0.15) is 5.56 Å². The van der Waals surface area contributed by atoms with Crippen molar-refractivity contribution in [3.63, 3.8) is 0 Å². The van der Waals surface area contributed by atoms with Crippen LogP contribution in [-0.2, 0) is 4.74 Å². The van der Waals surface area contributed by atoms with Gasteiger partial charge < -0.3 is 9.47 Å². The summed E-state index contributed by atoms with van der Waals surface area (Å²) in [7, 11) is 0. The molecule has 1 aromatic rings. The third-order valence-corrected chi connectivity index (χ3v) is 2.55. The summed E-state index contributed by atoms with van der Waals surface area (Å²) in [6.07, 6.45) is 0. The van der Waals surface area contributed by atoms with Gasteiger partial charge in [0, 0.05) is 10.2 Å². The SMILES string of the molecule is Cc1ccc(Br)cc1OCCOCCS. The summed E-state index contributed by atoms with van der Waals surface area (Å²) in [5.74, 6) is 1.65. The summed E-state index contributed by atoms with van der Waals surface area (Å²) in [6.45, 7) is 3.87. The molecule has 0 spiro atoms. The summed E-state index contributed by atoms with van der Waals surface area (Å²) in [6, 6.07) is 5.99. The van der Waals surface area contributed by atoms with Gasteiger partial charge in [-0.2, -0.15) is 12.6 Å². The fourth-order valence-electron chi connectivity index (χ4n) is 1.11. The Morgan fingerprint density at radius 2 is 2.07 bits per heavy atom. The second-order valence-corrected chi connectivity index (χ2v) is 4.46. The Labute approximate surface area is 105 Å². The number of aryl methyl sites for hydroxylation is 1. The van der Waals surface area contributed by atoms with Crippen molar-refractivity contribution in [1.29, 1.82) is 0 Å². The summed E-state index contributed by atoms with van der Waals surface area (Å²) < 4.78 is 11.9. The fourth-order valence-corrected chi connectivity index (χ4v) is 1.58. The van der Waals surface area contributed by atoms with E-state index in [4.69, 9.17) is 9.47 Å². The van der Waals surface area contributed by atoms with Crippen LogP contribution in [0, 0.1) is 6.92 Å². The largest absolute Gasteiger partial charge is 0.491 e. The van der Waals surface area contributed by atoms with Crippen molar-refractivity contribution >= 4 is 28.6 Å². The zero-order valence-corrected chi connectivity index (χ0v) is 11.2. The van der Waals surface area contributed by atoms with E-state index in [2.05, 4.69) is 28.6 Å². The topological polar surface area (TPSA) is 18.5 Å². The van der Waals surface area contributed by atoms with Gasteiger partial charge >= 0.3 is 0 Å². The lowest BCUT2D eigenvalue weighted by Crippen LogP contribution is -2.08. The van der Waals surface area contributed by atoms with E-state index in [1.165, 1.54) is 0 Å². The van der Waals surface area contributed by atoms with E-state index in [9.17, 15) is 0 Å². The van der Waals surface area contributed by atoms with Gasteiger partial charge in [0.2, 0.25) is 0 Å². The van der Waals surface area contributed by atoms with Crippen LogP contribution in [0.3, 0.4) is 0 Å². The molecule has 1 aromatic carbocycles. The molecule has 0 bridgehead atoms. The monoisotopic (exact) mass is 290 g/mol. The molecule has 0 N–H and O–H groups in total. The maximum atomic E-state index is 5.58. The molecule has 0 aromatic heterocycles. The zero-order valence-electron chi connectivity index (χ0n) is 8.70. The molecule has 0 atom stereocenters. The molecule has 0 radical (unpaired) electrons. The van der Waals surface area contributed by atoms with Gasteiger partial charge in [0.1, 0.15) is 12.4 Å². The number of thiol groups is 1. The first-order valence-electron chi connectivity index (χ1n) is 4.81. The quantitative estimate of drug-likeness (QED) is 0.641. The van der Waals surface area contributed by atoms with Gasteiger partial charge in [0.25, 0.3) is 0 Å². The fraction of sp³-hybridized carbons (Fsp3) is 0.455. The van der Waals surface area contributed by atoms with Crippen LogP contribution in [-0.4, -0.2) is 25.6 Å². The normalized spacial score (nSPS) is 10.3. The van der Waals surface area contributed by atoms with Crippen LogP contribution in [0.15, 0.2) is 22.7 Å². The van der Waals surface area contributed by atoms with Crippen LogP contribution >= 0.6 is 28.6 Å². The van der Waals surface area contributed by atoms with E-state index in [0.717, 1.165) is 21.5 Å². The predicted octanol–water partition coefficient (Wildman–Crippen LogP) is 3.08. The molecule has 0 saturated heterocycles. The Morgan fingerprint density at radius 1 is 1.27 bits per heavy atom. The zero-order chi connectivity index (χ0) is 11.1. The second kappa shape index (κ2) is 7.14. The number of rotatable bonds is 6. The lowest BCUT2D eigenvalue weighted by atomic mass is 10.2. The highest BCUT2D eigenvalue weighted by Crippen LogP contribution is 2.22. The van der Waals surface area contributed by atoms with E-state index in [0.29, 0.717) is 19.8 Å². The minimum Gasteiger partial charge on any atom is -0.491 e. The number of ether oxygens (including phenoxy) is 2. The van der Waals surface area contributed by atoms with Gasteiger partial charge in [0.15, 0.2) is 0 Å². The standard InChI is InChI=1S/C11H15BrO2S/c1-9-2-3-10(12)8-11(9)14-5-4-13-6-7-15/h2-3,8,15H,4-7H2,1H3. The second-order valence-electron chi connectivity index (χ2n) is 3.09. The number of halogens is 1. The van der Waals surface area contributed by atoms with Crippen molar-refractivity contribution in [2.45, 2.75) is 6.92 Å². The minimum atomic E-state index is 0.574. The van der Waals surface area contributed by atoms with Crippen LogP contribution in [0.2, 0.25) is 0 Å². The molecule has 0 unspecified atom stereocenters. The van der Waals surface area contributed by atoms with Crippen LogP contribution in [0.25, 0.3) is 0 Å². The average Bonchev–Trinajstić information content (AvgIpc) is 2.23. The van der Waals surface area contributed by atoms with Gasteiger partial charge in [-0.1, -0.05) is 22.0 Å². The van der Waals surface area contributed by atoms with Gasteiger partial charge in [-0.05, 0) is 24.6 Å². The Hall–Kier alpha value is -0.190. The number of hydrogen-bond donors (Lipinski definition) is 1. The summed E-state index contributed by atoms with van der Waals surface area (Å²) in [5.41, 5.74) is 1.13. The predicted molar refractivity (Wildman–Crippen MR) is 69.0 cm³/mol. The van der Waals surface area contributed by atoms with Crippen LogP contribution in [0.4, 0.5) is 0 Å². The molecule has 0 saturated carbocycles. The molecule has 4 heteroatoms. The highest BCUT2D eigenvalue weighted by molar-refractivity contribution is 9.10. The third-order valence-electron chi connectivity index (χ3n) is 1.87. The molecular formula is C11H15BrO2S. The van der Waals surface area contributed by atoms with E-state index >= 15 is 0 Å². The lowest BCUT2D eigenvalue weighted by Gasteiger charge is -2.09. The molecule has 0 heterocycles. The minimum absolute atomic E-state index is 0.574. The van der Waals surface area contributed by atoms with Crippen molar-refractivity contribution in [3.05, 3.63) is 28.2 Å².